The zero-order valence-electron chi connectivity index (χ0n) is 12.4. The van der Waals surface area contributed by atoms with E-state index in [9.17, 15) is 4.79 Å². The third-order valence-corrected chi connectivity index (χ3v) is 3.17. The molecule has 3 aromatic rings. The Hall–Kier alpha value is -3.15. The second-order valence-corrected chi connectivity index (χ2v) is 4.72. The van der Waals surface area contributed by atoms with E-state index in [0.717, 1.165) is 17.6 Å². The van der Waals surface area contributed by atoms with Crippen LogP contribution in [0.1, 0.15) is 16.2 Å². The molecule has 0 N–H and O–H groups in total. The summed E-state index contributed by atoms with van der Waals surface area (Å²) in [6, 6.07) is 14.2. The van der Waals surface area contributed by atoms with Crippen molar-refractivity contribution in [2.45, 2.75) is 6.61 Å². The Morgan fingerprint density at radius 1 is 1.13 bits per heavy atom. The first-order valence-corrected chi connectivity index (χ1v) is 6.93. The van der Waals surface area contributed by atoms with Crippen LogP contribution in [0, 0.1) is 0 Å². The van der Waals surface area contributed by atoms with Crippen LogP contribution in [-0.2, 0) is 6.61 Å². The van der Waals surface area contributed by atoms with E-state index in [1.165, 1.54) is 0 Å². The first-order chi connectivity index (χ1) is 11.3. The fourth-order valence-electron chi connectivity index (χ4n) is 1.99. The highest BCUT2D eigenvalue weighted by Gasteiger charge is 2.09. The van der Waals surface area contributed by atoms with Gasteiger partial charge >= 0.3 is 0 Å². The Morgan fingerprint density at radius 3 is 2.70 bits per heavy atom. The number of hydrogen-bond acceptors (Lipinski definition) is 6. The highest BCUT2D eigenvalue weighted by Crippen LogP contribution is 2.20. The number of carbonyl (C=O) groups is 1. The van der Waals surface area contributed by atoms with Crippen molar-refractivity contribution in [1.82, 2.24) is 10.1 Å². The Labute approximate surface area is 132 Å². The molecule has 0 spiro atoms. The lowest BCUT2D eigenvalue weighted by molar-refractivity contribution is 0.112. The molecule has 23 heavy (non-hydrogen) atoms. The smallest absolute Gasteiger partial charge is 0.264 e. The first kappa shape index (κ1) is 14.8. The molecule has 6 nitrogen and oxygen atoms in total. The molecule has 0 aliphatic heterocycles. The maximum absolute atomic E-state index is 10.7. The second-order valence-electron chi connectivity index (χ2n) is 4.72. The fraction of sp³-hybridized carbons (Fsp3) is 0.118. The van der Waals surface area contributed by atoms with Gasteiger partial charge in [0.25, 0.3) is 5.89 Å². The molecule has 116 valence electrons. The Kier molecular flexibility index (Phi) is 4.33. The van der Waals surface area contributed by atoms with E-state index in [1.807, 2.05) is 24.3 Å². The van der Waals surface area contributed by atoms with Gasteiger partial charge in [-0.2, -0.15) is 4.98 Å². The minimum Gasteiger partial charge on any atom is -0.497 e. The largest absolute Gasteiger partial charge is 0.497 e. The molecule has 2 aromatic carbocycles. The Bertz CT molecular complexity index is 796. The number of hydrogen-bond donors (Lipinski definition) is 0. The third kappa shape index (κ3) is 3.55. The van der Waals surface area contributed by atoms with Crippen molar-refractivity contribution in [2.24, 2.45) is 0 Å². The van der Waals surface area contributed by atoms with Crippen molar-refractivity contribution in [3.05, 3.63) is 60.0 Å². The Balaban J connectivity index is 1.67. The number of aldehydes is 1. The van der Waals surface area contributed by atoms with Crippen LogP contribution >= 0.6 is 0 Å². The van der Waals surface area contributed by atoms with Gasteiger partial charge in [-0.15, -0.1) is 0 Å². The molecule has 0 bridgehead atoms. The number of methoxy groups -OCH3 is 1. The predicted octanol–water partition coefficient (Wildman–Crippen LogP) is 3.14. The number of carbonyl (C=O) groups excluding carboxylic acids is 1. The van der Waals surface area contributed by atoms with Crippen LogP contribution in [0.3, 0.4) is 0 Å². The highest BCUT2D eigenvalue weighted by atomic mass is 16.5. The zero-order chi connectivity index (χ0) is 16.1. The monoisotopic (exact) mass is 310 g/mol. The quantitative estimate of drug-likeness (QED) is 0.651. The van der Waals surface area contributed by atoms with Gasteiger partial charge in [-0.3, -0.25) is 4.79 Å². The van der Waals surface area contributed by atoms with Gasteiger partial charge in [0.2, 0.25) is 5.82 Å². The molecule has 0 aliphatic rings. The average Bonchev–Trinajstić information content (AvgIpc) is 3.09. The van der Waals surface area contributed by atoms with Gasteiger partial charge in [-0.25, -0.2) is 0 Å². The van der Waals surface area contributed by atoms with Crippen LogP contribution in [0.25, 0.3) is 11.4 Å². The van der Waals surface area contributed by atoms with Crippen LogP contribution in [0.4, 0.5) is 0 Å². The van der Waals surface area contributed by atoms with E-state index in [-0.39, 0.29) is 6.61 Å². The number of ether oxygens (including phenoxy) is 2. The molecule has 1 aromatic heterocycles. The van der Waals surface area contributed by atoms with E-state index in [4.69, 9.17) is 14.0 Å². The molecule has 0 fully saturated rings. The van der Waals surface area contributed by atoms with Crippen molar-refractivity contribution in [2.75, 3.05) is 7.11 Å². The fourth-order valence-corrected chi connectivity index (χ4v) is 1.99. The minimum atomic E-state index is 0.130. The Morgan fingerprint density at radius 2 is 1.96 bits per heavy atom. The van der Waals surface area contributed by atoms with Crippen LogP contribution in [0.15, 0.2) is 53.1 Å². The summed E-state index contributed by atoms with van der Waals surface area (Å²) in [5.41, 5.74) is 1.37. The summed E-state index contributed by atoms with van der Waals surface area (Å²) >= 11 is 0. The normalized spacial score (nSPS) is 10.3. The summed E-state index contributed by atoms with van der Waals surface area (Å²) in [7, 11) is 1.61. The van der Waals surface area contributed by atoms with E-state index < -0.39 is 0 Å². The molecular formula is C17H14N2O4. The lowest BCUT2D eigenvalue weighted by atomic mass is 10.2. The summed E-state index contributed by atoms with van der Waals surface area (Å²) in [4.78, 5) is 15.0. The van der Waals surface area contributed by atoms with Gasteiger partial charge in [0.15, 0.2) is 6.61 Å². The molecule has 6 heteroatoms. The molecule has 0 atom stereocenters. The minimum absolute atomic E-state index is 0.130. The van der Waals surface area contributed by atoms with Gasteiger partial charge in [-0.05, 0) is 36.4 Å². The average molecular weight is 310 g/mol. The highest BCUT2D eigenvalue weighted by molar-refractivity contribution is 5.75. The lowest BCUT2D eigenvalue weighted by Gasteiger charge is -2.02. The van der Waals surface area contributed by atoms with Crippen molar-refractivity contribution >= 4 is 6.29 Å². The lowest BCUT2D eigenvalue weighted by Crippen LogP contribution is -1.96. The van der Waals surface area contributed by atoms with Crippen molar-refractivity contribution in [3.8, 4) is 22.9 Å². The molecule has 0 amide bonds. The molecule has 0 unspecified atom stereocenters. The summed E-state index contributed by atoms with van der Waals surface area (Å²) in [5.74, 6) is 2.16. The van der Waals surface area contributed by atoms with Gasteiger partial charge in [0.1, 0.15) is 17.8 Å². The number of nitrogens with zero attached hydrogens (tertiary/aromatic N) is 2. The summed E-state index contributed by atoms with van der Waals surface area (Å²) in [6.07, 6.45) is 0.765. The molecule has 1 heterocycles. The maximum atomic E-state index is 10.7. The first-order valence-electron chi connectivity index (χ1n) is 6.93. The van der Waals surface area contributed by atoms with Crippen LogP contribution in [-0.4, -0.2) is 23.5 Å². The predicted molar refractivity (Wildman–Crippen MR) is 82.4 cm³/mol. The van der Waals surface area contributed by atoms with E-state index in [1.54, 1.807) is 31.4 Å². The van der Waals surface area contributed by atoms with Crippen LogP contribution in [0.5, 0.6) is 11.5 Å². The van der Waals surface area contributed by atoms with Crippen molar-refractivity contribution < 1.29 is 18.8 Å². The SMILES string of the molecule is COc1ccc(-c2noc(COc3cccc(C=O)c3)n2)cc1. The molecule has 3 rings (SSSR count). The number of aromatic nitrogens is 2. The summed E-state index contributed by atoms with van der Waals surface area (Å²) in [5, 5.41) is 3.92. The molecule has 0 aliphatic carbocycles. The topological polar surface area (TPSA) is 74.5 Å². The second kappa shape index (κ2) is 6.74. The van der Waals surface area contributed by atoms with Crippen molar-refractivity contribution in [3.63, 3.8) is 0 Å². The van der Waals surface area contributed by atoms with Crippen LogP contribution < -0.4 is 9.47 Å². The van der Waals surface area contributed by atoms with E-state index in [0.29, 0.717) is 23.0 Å². The van der Waals surface area contributed by atoms with Crippen LogP contribution in [0.2, 0.25) is 0 Å². The zero-order valence-corrected chi connectivity index (χ0v) is 12.4. The van der Waals surface area contributed by atoms with E-state index >= 15 is 0 Å². The molecule has 0 saturated heterocycles. The molecular weight excluding hydrogens is 296 g/mol. The standard InChI is InChI=1S/C17H14N2O4/c1-21-14-7-5-13(6-8-14)17-18-16(23-19-17)11-22-15-4-2-3-12(9-15)10-20/h2-10H,11H2,1H3. The molecule has 0 radical (unpaired) electrons. The number of rotatable bonds is 6. The summed E-state index contributed by atoms with van der Waals surface area (Å²) in [6.45, 7) is 0.130. The molecule has 0 saturated carbocycles. The summed E-state index contributed by atoms with van der Waals surface area (Å²) < 4.78 is 15.8. The van der Waals surface area contributed by atoms with E-state index in [2.05, 4.69) is 10.1 Å². The van der Waals surface area contributed by atoms with Gasteiger partial charge in [-0.1, -0.05) is 17.3 Å². The number of benzene rings is 2. The van der Waals surface area contributed by atoms with Gasteiger partial charge < -0.3 is 14.0 Å². The third-order valence-electron chi connectivity index (χ3n) is 3.17. The van der Waals surface area contributed by atoms with Gasteiger partial charge in [0.05, 0.1) is 7.11 Å². The van der Waals surface area contributed by atoms with Crippen molar-refractivity contribution in [1.29, 1.82) is 0 Å². The van der Waals surface area contributed by atoms with Gasteiger partial charge in [0, 0.05) is 11.1 Å². The maximum Gasteiger partial charge on any atom is 0.264 e.